The number of unbranched alkanes of at least 4 members (excludes halogenated alkanes) is 3. The van der Waals surface area contributed by atoms with Gasteiger partial charge < -0.3 is 0 Å². The van der Waals surface area contributed by atoms with Gasteiger partial charge in [-0.1, -0.05) is 0 Å². The Hall–Kier alpha value is -0.680. The molecule has 0 spiro atoms. The first-order valence-electron chi connectivity index (χ1n) is 10.2. The molecule has 1 aromatic rings. The molecule has 5 nitrogen and oxygen atoms in total. The van der Waals surface area contributed by atoms with Gasteiger partial charge in [-0.2, -0.15) is 0 Å². The first-order valence-corrected chi connectivity index (χ1v) is 14.2. The Morgan fingerprint density at radius 1 is 0.889 bits per heavy atom. The monoisotopic (exact) mass is 420 g/mol. The number of benzene rings is 1. The van der Waals surface area contributed by atoms with Crippen molar-refractivity contribution >= 4 is 17.6 Å². The van der Waals surface area contributed by atoms with Gasteiger partial charge in [0.2, 0.25) is 0 Å². The molecular weight excluding hydrogens is 383 g/mol. The summed E-state index contributed by atoms with van der Waals surface area (Å²) in [6.45, 7) is 6.52. The van der Waals surface area contributed by atoms with Gasteiger partial charge in [-0.3, -0.25) is 0 Å². The molecule has 0 radical (unpaired) electrons. The molecule has 0 aliphatic rings. The van der Waals surface area contributed by atoms with Gasteiger partial charge in [-0.05, 0) is 0 Å². The quantitative estimate of drug-likeness (QED) is 0.412. The molecule has 0 heterocycles. The van der Waals surface area contributed by atoms with Crippen LogP contribution in [0.25, 0.3) is 0 Å². The number of aliphatic hydroxyl groups is 1. The van der Waals surface area contributed by atoms with Crippen LogP contribution in [-0.4, -0.2) is 45.2 Å². The van der Waals surface area contributed by atoms with Crippen molar-refractivity contribution in [3.8, 4) is 5.75 Å². The van der Waals surface area contributed by atoms with Gasteiger partial charge in [0.15, 0.2) is 0 Å². The summed E-state index contributed by atoms with van der Waals surface area (Å²) in [5.41, 5.74) is 0. The summed E-state index contributed by atoms with van der Waals surface area (Å²) in [4.78, 5) is 0.181. The predicted octanol–water partition coefficient (Wildman–Crippen LogP) is 4.83. The van der Waals surface area contributed by atoms with Gasteiger partial charge in [0.25, 0.3) is 0 Å². The minimum atomic E-state index is -3.79. The zero-order chi connectivity index (χ0) is 20.2. The Balaban J connectivity index is 3.03. The van der Waals surface area contributed by atoms with E-state index in [4.69, 9.17) is 13.8 Å². The Morgan fingerprint density at radius 2 is 1.37 bits per heavy atom. The molecule has 0 aliphatic heterocycles. The molecule has 1 rings (SSSR count). The molecule has 0 fully saturated rings. The number of aliphatic hydroxyl groups excluding tert-OH is 1. The molecule has 0 amide bonds. The molecule has 158 valence electrons. The molecule has 0 atom stereocenters. The van der Waals surface area contributed by atoms with Crippen LogP contribution in [0.4, 0.5) is 0 Å². The van der Waals surface area contributed by atoms with Gasteiger partial charge in [0.05, 0.1) is 0 Å². The average molecular weight is 421 g/mol. The SMILES string of the molecule is CCCC[PH](CCCC)(CCCC)OS(=O)(=O)c1ccc(OCCO)cc1. The van der Waals surface area contributed by atoms with E-state index in [1.807, 2.05) is 0 Å². The first-order chi connectivity index (χ1) is 12.9. The van der Waals surface area contributed by atoms with Crippen LogP contribution in [0.2, 0.25) is 0 Å². The number of hydrogen-bond donors (Lipinski definition) is 1. The van der Waals surface area contributed by atoms with Crippen LogP contribution >= 0.6 is 7.49 Å². The maximum absolute atomic E-state index is 13.0. The van der Waals surface area contributed by atoms with Crippen molar-refractivity contribution in [2.75, 3.05) is 31.7 Å². The predicted molar refractivity (Wildman–Crippen MR) is 115 cm³/mol. The molecule has 0 saturated heterocycles. The summed E-state index contributed by atoms with van der Waals surface area (Å²) in [6.07, 6.45) is 8.91. The molecule has 1 N–H and O–H groups in total. The molecule has 0 unspecified atom stereocenters. The van der Waals surface area contributed by atoms with Crippen molar-refractivity contribution in [1.82, 2.24) is 0 Å². The van der Waals surface area contributed by atoms with Crippen LogP contribution in [0.5, 0.6) is 5.75 Å². The molecule has 0 saturated carbocycles. The van der Waals surface area contributed by atoms with Crippen LogP contribution in [0.15, 0.2) is 29.2 Å². The van der Waals surface area contributed by atoms with Crippen molar-refractivity contribution in [2.45, 2.75) is 64.2 Å². The summed E-state index contributed by atoms with van der Waals surface area (Å²) in [5.74, 6) is 0.537. The van der Waals surface area contributed by atoms with Crippen molar-refractivity contribution in [3.05, 3.63) is 24.3 Å². The summed E-state index contributed by atoms with van der Waals surface area (Å²) in [6, 6.07) is 6.28. The molecule has 0 bridgehead atoms. The van der Waals surface area contributed by atoms with E-state index >= 15 is 0 Å². The topological polar surface area (TPSA) is 72.8 Å². The molecular formula is C20H37O5PS. The maximum atomic E-state index is 13.0. The van der Waals surface area contributed by atoms with E-state index in [1.165, 1.54) is 12.1 Å². The van der Waals surface area contributed by atoms with E-state index in [9.17, 15) is 8.42 Å². The van der Waals surface area contributed by atoms with E-state index in [-0.39, 0.29) is 18.1 Å². The molecule has 27 heavy (non-hydrogen) atoms. The zero-order valence-corrected chi connectivity index (χ0v) is 18.9. The Morgan fingerprint density at radius 3 is 1.78 bits per heavy atom. The standard InChI is InChI=1S/C20H37O5PS/c1-4-7-16-26(17-8-5-2,18-9-6-3)25-27(22,23)20-12-10-19(11-13-20)24-15-14-21/h10-13,21,26H,4-9,14-18H2,1-3H3. The van der Waals surface area contributed by atoms with E-state index in [0.717, 1.165) is 57.0 Å². The van der Waals surface area contributed by atoms with Gasteiger partial charge in [0.1, 0.15) is 0 Å². The van der Waals surface area contributed by atoms with Crippen LogP contribution in [0.3, 0.4) is 0 Å². The third-order valence-electron chi connectivity index (χ3n) is 4.72. The second-order valence-electron chi connectivity index (χ2n) is 7.07. The van der Waals surface area contributed by atoms with Crippen LogP contribution < -0.4 is 4.74 Å². The van der Waals surface area contributed by atoms with E-state index in [0.29, 0.717) is 5.75 Å². The van der Waals surface area contributed by atoms with E-state index in [2.05, 4.69) is 20.8 Å². The summed E-state index contributed by atoms with van der Waals surface area (Å²) in [5, 5.41) is 8.82. The molecule has 0 aliphatic carbocycles. The molecule has 0 aromatic heterocycles. The second kappa shape index (κ2) is 12.7. The Kier molecular flexibility index (Phi) is 11.5. The Bertz CT molecular complexity index is 594. The second-order valence-corrected chi connectivity index (χ2v) is 13.0. The fourth-order valence-electron chi connectivity index (χ4n) is 3.14. The van der Waals surface area contributed by atoms with Crippen LogP contribution in [0.1, 0.15) is 59.3 Å². The first kappa shape index (κ1) is 24.4. The van der Waals surface area contributed by atoms with Crippen molar-refractivity contribution in [3.63, 3.8) is 0 Å². The minimum absolute atomic E-state index is 0.0798. The van der Waals surface area contributed by atoms with E-state index in [1.54, 1.807) is 12.1 Å². The normalized spacial score (nSPS) is 12.9. The van der Waals surface area contributed by atoms with Crippen molar-refractivity contribution in [1.29, 1.82) is 0 Å². The van der Waals surface area contributed by atoms with Crippen LogP contribution in [-0.2, 0) is 14.1 Å². The van der Waals surface area contributed by atoms with Gasteiger partial charge in [-0.25, -0.2) is 0 Å². The van der Waals surface area contributed by atoms with E-state index < -0.39 is 17.6 Å². The van der Waals surface area contributed by atoms with Crippen molar-refractivity contribution < 1.29 is 22.2 Å². The molecule has 7 heteroatoms. The summed E-state index contributed by atoms with van der Waals surface area (Å²) < 4.78 is 37.4. The fourth-order valence-corrected chi connectivity index (χ4v) is 10.6. The van der Waals surface area contributed by atoms with Gasteiger partial charge in [0, 0.05) is 0 Å². The molecule has 1 aromatic carbocycles. The van der Waals surface area contributed by atoms with Gasteiger partial charge >= 0.3 is 166 Å². The number of rotatable bonds is 15. The van der Waals surface area contributed by atoms with Crippen LogP contribution in [0, 0.1) is 0 Å². The summed E-state index contributed by atoms with van der Waals surface area (Å²) in [7, 11) is -6.15. The fraction of sp³-hybridized carbons (Fsp3) is 0.700. The average Bonchev–Trinajstić information content (AvgIpc) is 2.67. The zero-order valence-electron chi connectivity index (χ0n) is 17.1. The number of ether oxygens (including phenoxy) is 1. The third kappa shape index (κ3) is 8.47. The Labute approximate surface area is 166 Å². The van der Waals surface area contributed by atoms with Crippen molar-refractivity contribution in [2.24, 2.45) is 0 Å². The summed E-state index contributed by atoms with van der Waals surface area (Å²) >= 11 is 0. The number of hydrogen-bond acceptors (Lipinski definition) is 5. The van der Waals surface area contributed by atoms with Gasteiger partial charge in [-0.15, -0.1) is 0 Å². The third-order valence-corrected chi connectivity index (χ3v) is 11.7.